The fourth-order valence-electron chi connectivity index (χ4n) is 2.48. The number of nitrogens with zero attached hydrogens (tertiary/aromatic N) is 1. The molecule has 1 aliphatic rings. The number of rotatable bonds is 7. The average Bonchev–Trinajstić information content (AvgIpc) is 3.03. The van der Waals surface area contributed by atoms with Gasteiger partial charge in [0.25, 0.3) is 0 Å². The summed E-state index contributed by atoms with van der Waals surface area (Å²) in [7, 11) is 5.07. The number of para-hydroxylation sites is 2. The average molecular weight is 308 g/mol. The number of carbonyl (C=O) groups is 1. The highest BCUT2D eigenvalue weighted by atomic mass is 16.5. The third-order valence-electron chi connectivity index (χ3n) is 3.85. The van der Waals surface area contributed by atoms with Gasteiger partial charge < -0.3 is 24.4 Å². The first-order chi connectivity index (χ1) is 10.7. The molecule has 6 nitrogen and oxygen atoms in total. The van der Waals surface area contributed by atoms with Crippen molar-refractivity contribution >= 4 is 5.91 Å². The summed E-state index contributed by atoms with van der Waals surface area (Å²) in [5.41, 5.74) is 0. The zero-order valence-electron chi connectivity index (χ0n) is 13.4. The summed E-state index contributed by atoms with van der Waals surface area (Å²) >= 11 is 0. The van der Waals surface area contributed by atoms with Gasteiger partial charge in [-0.1, -0.05) is 12.1 Å². The van der Waals surface area contributed by atoms with E-state index >= 15 is 0 Å². The zero-order chi connectivity index (χ0) is 15.9. The predicted octanol–water partition coefficient (Wildman–Crippen LogP) is 0.909. The number of amides is 1. The molecule has 0 aromatic heterocycles. The van der Waals surface area contributed by atoms with E-state index in [4.69, 9.17) is 14.2 Å². The number of benzene rings is 1. The minimum Gasteiger partial charge on any atom is -0.493 e. The van der Waals surface area contributed by atoms with Crippen LogP contribution in [0.4, 0.5) is 0 Å². The highest BCUT2D eigenvalue weighted by Gasteiger charge is 2.31. The van der Waals surface area contributed by atoms with Gasteiger partial charge in [0, 0.05) is 20.7 Å². The van der Waals surface area contributed by atoms with E-state index in [0.29, 0.717) is 31.1 Å². The summed E-state index contributed by atoms with van der Waals surface area (Å²) in [6.07, 6.45) is 0.833. The zero-order valence-corrected chi connectivity index (χ0v) is 13.4. The monoisotopic (exact) mass is 308 g/mol. The molecule has 122 valence electrons. The smallest absolute Gasteiger partial charge is 0.239 e. The quantitative estimate of drug-likeness (QED) is 0.811. The lowest BCUT2D eigenvalue weighted by Crippen LogP contribution is -2.43. The second-order valence-corrected chi connectivity index (χ2v) is 5.31. The van der Waals surface area contributed by atoms with Crippen LogP contribution in [0.2, 0.25) is 0 Å². The first-order valence-corrected chi connectivity index (χ1v) is 7.42. The number of ether oxygens (including phenoxy) is 3. The summed E-state index contributed by atoms with van der Waals surface area (Å²) in [6, 6.07) is 7.31. The maximum atomic E-state index is 12.3. The number of hydrogen-bond donors (Lipinski definition) is 1. The van der Waals surface area contributed by atoms with Gasteiger partial charge >= 0.3 is 0 Å². The fraction of sp³-hybridized carbons (Fsp3) is 0.562. The molecule has 1 aliphatic heterocycles. The molecule has 6 heteroatoms. The largest absolute Gasteiger partial charge is 0.493 e. The van der Waals surface area contributed by atoms with Crippen molar-refractivity contribution in [2.45, 2.75) is 18.6 Å². The first kappa shape index (κ1) is 16.6. The van der Waals surface area contributed by atoms with E-state index in [-0.39, 0.29) is 18.1 Å². The molecular formula is C16H24N2O4. The van der Waals surface area contributed by atoms with Gasteiger partial charge in [-0.25, -0.2) is 0 Å². The fourth-order valence-corrected chi connectivity index (χ4v) is 2.48. The van der Waals surface area contributed by atoms with Gasteiger partial charge in [-0.3, -0.25) is 4.79 Å². The molecule has 22 heavy (non-hydrogen) atoms. The third kappa shape index (κ3) is 4.11. The number of nitrogens with one attached hydrogen (secondary N) is 1. The van der Waals surface area contributed by atoms with Gasteiger partial charge in [0.1, 0.15) is 6.61 Å². The van der Waals surface area contributed by atoms with E-state index < -0.39 is 0 Å². The molecule has 1 fully saturated rings. The van der Waals surface area contributed by atoms with Crippen molar-refractivity contribution in [1.29, 1.82) is 0 Å². The number of methoxy groups -OCH3 is 2. The lowest BCUT2D eigenvalue weighted by Gasteiger charge is -2.21. The lowest BCUT2D eigenvalue weighted by molar-refractivity contribution is -0.132. The summed E-state index contributed by atoms with van der Waals surface area (Å²) in [6.45, 7) is 1.66. The molecule has 1 N–H and O–H groups in total. The molecule has 0 spiro atoms. The molecule has 2 atom stereocenters. The maximum absolute atomic E-state index is 12.3. The molecule has 0 radical (unpaired) electrons. The Morgan fingerprint density at radius 2 is 2.05 bits per heavy atom. The van der Waals surface area contributed by atoms with Gasteiger partial charge in [-0.15, -0.1) is 0 Å². The summed E-state index contributed by atoms with van der Waals surface area (Å²) < 4.78 is 16.2. The van der Waals surface area contributed by atoms with Crippen LogP contribution in [0, 0.1) is 0 Å². The molecule has 1 aromatic rings. The van der Waals surface area contributed by atoms with E-state index in [1.54, 1.807) is 26.2 Å². The maximum Gasteiger partial charge on any atom is 0.239 e. The van der Waals surface area contributed by atoms with Gasteiger partial charge in [0.2, 0.25) is 5.91 Å². The first-order valence-electron chi connectivity index (χ1n) is 7.42. The van der Waals surface area contributed by atoms with E-state index in [1.165, 1.54) is 0 Å². The van der Waals surface area contributed by atoms with Gasteiger partial charge in [0.15, 0.2) is 11.5 Å². The molecular weight excluding hydrogens is 284 g/mol. The second kappa shape index (κ2) is 8.00. The molecule has 0 bridgehead atoms. The molecule has 1 aromatic carbocycles. The molecule has 0 saturated carbocycles. The Kier molecular flexibility index (Phi) is 6.03. The van der Waals surface area contributed by atoms with Gasteiger partial charge in [0.05, 0.1) is 25.8 Å². The summed E-state index contributed by atoms with van der Waals surface area (Å²) in [5, 5.41) is 3.19. The molecule has 1 saturated heterocycles. The van der Waals surface area contributed by atoms with E-state index in [2.05, 4.69) is 5.32 Å². The van der Waals surface area contributed by atoms with E-state index in [0.717, 1.165) is 6.54 Å². The number of likely N-dealkylation sites (N-methyl/N-ethyl adjacent to an activating group) is 1. The highest BCUT2D eigenvalue weighted by molar-refractivity contribution is 5.82. The standard InChI is InChI=1S/C16H24N2O4/c1-18(16(19)13-10-12(20-2)11-17-13)8-9-22-15-7-5-4-6-14(15)21-3/h4-7,12-13,17H,8-11H2,1-3H3/t12-,13-/m0/s1. The Bertz CT molecular complexity index is 495. The highest BCUT2D eigenvalue weighted by Crippen LogP contribution is 2.25. The Balaban J connectivity index is 1.78. The summed E-state index contributed by atoms with van der Waals surface area (Å²) in [4.78, 5) is 14.0. The molecule has 0 aliphatic carbocycles. The van der Waals surface area contributed by atoms with Crippen LogP contribution in [0.25, 0.3) is 0 Å². The van der Waals surface area contributed by atoms with Crippen molar-refractivity contribution in [3.63, 3.8) is 0 Å². The normalized spacial score (nSPS) is 20.7. The van der Waals surface area contributed by atoms with Crippen LogP contribution in [-0.2, 0) is 9.53 Å². The van der Waals surface area contributed by atoms with Crippen LogP contribution in [0.15, 0.2) is 24.3 Å². The third-order valence-corrected chi connectivity index (χ3v) is 3.85. The van der Waals surface area contributed by atoms with Crippen LogP contribution in [0.1, 0.15) is 6.42 Å². The minimum atomic E-state index is -0.166. The SMILES string of the molecule is COc1ccccc1OCCN(C)C(=O)[C@@H]1C[C@H](OC)CN1. The molecule has 0 unspecified atom stereocenters. The van der Waals surface area contributed by atoms with Crippen LogP contribution in [0.3, 0.4) is 0 Å². The van der Waals surface area contributed by atoms with Crippen LogP contribution < -0.4 is 14.8 Å². The predicted molar refractivity (Wildman–Crippen MR) is 83.3 cm³/mol. The minimum absolute atomic E-state index is 0.0724. The second-order valence-electron chi connectivity index (χ2n) is 5.31. The Hall–Kier alpha value is -1.79. The van der Waals surface area contributed by atoms with Crippen molar-refractivity contribution in [2.24, 2.45) is 0 Å². The molecule has 2 rings (SSSR count). The van der Waals surface area contributed by atoms with Crippen LogP contribution in [0.5, 0.6) is 11.5 Å². The lowest BCUT2D eigenvalue weighted by atomic mass is 10.2. The summed E-state index contributed by atoms with van der Waals surface area (Å²) in [5.74, 6) is 1.45. The van der Waals surface area contributed by atoms with Crippen LogP contribution >= 0.6 is 0 Å². The Labute approximate surface area is 131 Å². The van der Waals surface area contributed by atoms with E-state index in [9.17, 15) is 4.79 Å². The Morgan fingerprint density at radius 3 is 2.68 bits per heavy atom. The topological polar surface area (TPSA) is 60.0 Å². The van der Waals surface area contributed by atoms with Crippen molar-refractivity contribution in [1.82, 2.24) is 10.2 Å². The van der Waals surface area contributed by atoms with Crippen molar-refractivity contribution in [2.75, 3.05) is 41.0 Å². The van der Waals surface area contributed by atoms with Crippen LogP contribution in [-0.4, -0.2) is 63.9 Å². The van der Waals surface area contributed by atoms with Gasteiger partial charge in [-0.2, -0.15) is 0 Å². The molecule has 1 amide bonds. The number of hydrogen-bond acceptors (Lipinski definition) is 5. The Morgan fingerprint density at radius 1 is 1.32 bits per heavy atom. The van der Waals surface area contributed by atoms with Crippen molar-refractivity contribution in [3.8, 4) is 11.5 Å². The van der Waals surface area contributed by atoms with E-state index in [1.807, 2.05) is 24.3 Å². The van der Waals surface area contributed by atoms with Crippen molar-refractivity contribution < 1.29 is 19.0 Å². The van der Waals surface area contributed by atoms with Gasteiger partial charge in [-0.05, 0) is 18.6 Å². The molecule has 1 heterocycles. The van der Waals surface area contributed by atoms with Crippen molar-refractivity contribution in [3.05, 3.63) is 24.3 Å². The number of carbonyl (C=O) groups excluding carboxylic acids is 1.